The van der Waals surface area contributed by atoms with E-state index in [4.69, 9.17) is 4.74 Å². The van der Waals surface area contributed by atoms with Crippen molar-refractivity contribution in [3.63, 3.8) is 0 Å². The molecule has 4 nitrogen and oxygen atoms in total. The summed E-state index contributed by atoms with van der Waals surface area (Å²) in [7, 11) is 3.50. The molecule has 23 heavy (non-hydrogen) atoms. The fraction of sp³-hybridized carbons (Fsp3) is 0.105. The summed E-state index contributed by atoms with van der Waals surface area (Å²) >= 11 is 0. The second kappa shape index (κ2) is 6.01. The average molecular weight is 307 g/mol. The van der Waals surface area contributed by atoms with Crippen LogP contribution in [0.2, 0.25) is 0 Å². The highest BCUT2D eigenvalue weighted by Crippen LogP contribution is 2.29. The van der Waals surface area contributed by atoms with Crippen LogP contribution in [0.5, 0.6) is 11.5 Å². The molecular weight excluding hydrogens is 290 g/mol. The number of aromatic nitrogens is 1. The summed E-state index contributed by atoms with van der Waals surface area (Å²) in [4.78, 5) is 12.3. The van der Waals surface area contributed by atoms with Crippen LogP contribution in [-0.4, -0.2) is 22.6 Å². The number of allylic oxidation sites excluding steroid dienone is 1. The van der Waals surface area contributed by atoms with E-state index < -0.39 is 0 Å². The van der Waals surface area contributed by atoms with Crippen molar-refractivity contribution in [1.29, 1.82) is 0 Å². The lowest BCUT2D eigenvalue weighted by Gasteiger charge is -2.04. The second-order valence-corrected chi connectivity index (χ2v) is 5.29. The van der Waals surface area contributed by atoms with Gasteiger partial charge in [-0.2, -0.15) is 0 Å². The third-order valence-corrected chi connectivity index (χ3v) is 3.85. The maximum absolute atomic E-state index is 12.3. The van der Waals surface area contributed by atoms with Crippen molar-refractivity contribution >= 4 is 22.8 Å². The minimum Gasteiger partial charge on any atom is -0.506 e. The van der Waals surface area contributed by atoms with Gasteiger partial charge in [-0.25, -0.2) is 0 Å². The molecule has 116 valence electrons. The molecule has 2 aromatic carbocycles. The van der Waals surface area contributed by atoms with Crippen molar-refractivity contribution in [2.75, 3.05) is 7.11 Å². The number of fused-ring (bicyclic) bond motifs is 1. The zero-order valence-electron chi connectivity index (χ0n) is 13.0. The zero-order valence-corrected chi connectivity index (χ0v) is 13.0. The summed E-state index contributed by atoms with van der Waals surface area (Å²) in [5.74, 6) is 0.553. The number of phenols is 1. The molecule has 0 amide bonds. The number of phenolic OH excluding ortho intramolecular Hbond substituents is 1. The standard InChI is InChI=1S/C19H17NO3/c1-20-12-11-15-17(20)9-8-16(19(15)22)18(21)10-5-13-3-6-14(23-2)7-4-13/h3-12,22H,1-2H3/b10-5+. The summed E-state index contributed by atoms with van der Waals surface area (Å²) in [5.41, 5.74) is 2.08. The van der Waals surface area contributed by atoms with Crippen molar-refractivity contribution in [1.82, 2.24) is 4.57 Å². The molecule has 0 aliphatic carbocycles. The van der Waals surface area contributed by atoms with Gasteiger partial charge in [-0.15, -0.1) is 0 Å². The Balaban J connectivity index is 1.87. The number of rotatable bonds is 4. The molecule has 0 radical (unpaired) electrons. The second-order valence-electron chi connectivity index (χ2n) is 5.29. The van der Waals surface area contributed by atoms with E-state index in [9.17, 15) is 9.90 Å². The van der Waals surface area contributed by atoms with E-state index in [1.165, 1.54) is 6.08 Å². The smallest absolute Gasteiger partial charge is 0.189 e. The molecule has 0 aliphatic heterocycles. The number of aryl methyl sites for hydroxylation is 1. The highest BCUT2D eigenvalue weighted by molar-refractivity contribution is 6.11. The molecule has 0 saturated heterocycles. The first kappa shape index (κ1) is 14.9. The van der Waals surface area contributed by atoms with Crippen LogP contribution in [-0.2, 0) is 7.05 Å². The highest BCUT2D eigenvalue weighted by atomic mass is 16.5. The van der Waals surface area contributed by atoms with Gasteiger partial charge in [0.25, 0.3) is 0 Å². The number of ketones is 1. The highest BCUT2D eigenvalue weighted by Gasteiger charge is 2.13. The molecular formula is C19H17NO3. The molecule has 0 unspecified atom stereocenters. The van der Waals surface area contributed by atoms with Crippen LogP contribution in [0.3, 0.4) is 0 Å². The number of aromatic hydroxyl groups is 1. The molecule has 1 aromatic heterocycles. The van der Waals surface area contributed by atoms with Gasteiger partial charge in [0, 0.05) is 18.6 Å². The summed E-state index contributed by atoms with van der Waals surface area (Å²) in [5, 5.41) is 11.0. The first-order chi connectivity index (χ1) is 11.1. The van der Waals surface area contributed by atoms with E-state index in [0.717, 1.165) is 16.8 Å². The molecule has 0 spiro atoms. The zero-order chi connectivity index (χ0) is 16.4. The number of nitrogens with zero attached hydrogens (tertiary/aromatic N) is 1. The Kier molecular flexibility index (Phi) is 3.89. The SMILES string of the molecule is COc1ccc(/C=C/C(=O)c2ccc3c(ccn3C)c2O)cc1. The Bertz CT molecular complexity index is 889. The molecule has 0 saturated carbocycles. The van der Waals surface area contributed by atoms with Crippen molar-refractivity contribution in [2.24, 2.45) is 7.05 Å². The van der Waals surface area contributed by atoms with Gasteiger partial charge in [0.15, 0.2) is 5.78 Å². The summed E-state index contributed by atoms with van der Waals surface area (Å²) in [6.07, 6.45) is 5.04. The molecule has 1 heterocycles. The molecule has 0 atom stereocenters. The van der Waals surface area contributed by atoms with E-state index in [-0.39, 0.29) is 11.5 Å². The molecule has 0 aliphatic rings. The van der Waals surface area contributed by atoms with Gasteiger partial charge >= 0.3 is 0 Å². The third kappa shape index (κ3) is 2.83. The first-order valence-corrected chi connectivity index (χ1v) is 7.23. The van der Waals surface area contributed by atoms with Crippen LogP contribution in [0.4, 0.5) is 0 Å². The van der Waals surface area contributed by atoms with E-state index in [1.807, 2.05) is 48.1 Å². The molecule has 0 bridgehead atoms. The number of hydrogen-bond donors (Lipinski definition) is 1. The fourth-order valence-corrected chi connectivity index (χ4v) is 2.51. The Morgan fingerprint density at radius 2 is 1.87 bits per heavy atom. The van der Waals surface area contributed by atoms with Crippen LogP contribution < -0.4 is 4.74 Å². The Hall–Kier alpha value is -3.01. The first-order valence-electron chi connectivity index (χ1n) is 7.23. The average Bonchev–Trinajstić information content (AvgIpc) is 2.95. The van der Waals surface area contributed by atoms with Gasteiger partial charge < -0.3 is 14.4 Å². The minimum atomic E-state index is -0.232. The van der Waals surface area contributed by atoms with E-state index in [1.54, 1.807) is 25.3 Å². The predicted octanol–water partition coefficient (Wildman–Crippen LogP) is 3.79. The number of benzene rings is 2. The van der Waals surface area contributed by atoms with Gasteiger partial charge in [0.05, 0.1) is 18.2 Å². The van der Waals surface area contributed by atoms with Gasteiger partial charge in [-0.1, -0.05) is 18.2 Å². The van der Waals surface area contributed by atoms with Crippen LogP contribution >= 0.6 is 0 Å². The van der Waals surface area contributed by atoms with Crippen molar-refractivity contribution in [2.45, 2.75) is 0 Å². The van der Waals surface area contributed by atoms with Crippen LogP contribution in [0, 0.1) is 0 Å². The molecule has 3 aromatic rings. The van der Waals surface area contributed by atoms with Gasteiger partial charge in [0.1, 0.15) is 11.5 Å². The van der Waals surface area contributed by atoms with Crippen molar-refractivity contribution < 1.29 is 14.6 Å². The van der Waals surface area contributed by atoms with Gasteiger partial charge in [0.2, 0.25) is 0 Å². The summed E-state index contributed by atoms with van der Waals surface area (Å²) < 4.78 is 7.00. The minimum absolute atomic E-state index is 0.0208. The van der Waals surface area contributed by atoms with E-state index in [2.05, 4.69) is 0 Å². The number of ether oxygens (including phenoxy) is 1. The fourth-order valence-electron chi connectivity index (χ4n) is 2.51. The van der Waals surface area contributed by atoms with Gasteiger partial charge in [-0.05, 0) is 42.0 Å². The van der Waals surface area contributed by atoms with Crippen molar-refractivity contribution in [3.8, 4) is 11.5 Å². The maximum atomic E-state index is 12.3. The number of carbonyl (C=O) groups excluding carboxylic acids is 1. The van der Waals surface area contributed by atoms with Crippen molar-refractivity contribution in [3.05, 3.63) is 65.9 Å². The lowest BCUT2D eigenvalue weighted by molar-refractivity contribution is 0.104. The maximum Gasteiger partial charge on any atom is 0.189 e. The normalized spacial score (nSPS) is 11.2. The van der Waals surface area contributed by atoms with E-state index in [0.29, 0.717) is 10.9 Å². The summed E-state index contributed by atoms with van der Waals surface area (Å²) in [6, 6.07) is 12.7. The quantitative estimate of drug-likeness (QED) is 0.589. The van der Waals surface area contributed by atoms with Crippen LogP contribution in [0.1, 0.15) is 15.9 Å². The third-order valence-electron chi connectivity index (χ3n) is 3.85. The molecule has 3 rings (SSSR count). The Labute approximate surface area is 134 Å². The Morgan fingerprint density at radius 3 is 2.57 bits per heavy atom. The summed E-state index contributed by atoms with van der Waals surface area (Å²) in [6.45, 7) is 0. The number of hydrogen-bond acceptors (Lipinski definition) is 3. The van der Waals surface area contributed by atoms with Crippen LogP contribution in [0.25, 0.3) is 17.0 Å². The van der Waals surface area contributed by atoms with Crippen LogP contribution in [0.15, 0.2) is 54.7 Å². The largest absolute Gasteiger partial charge is 0.506 e. The van der Waals surface area contributed by atoms with E-state index >= 15 is 0 Å². The topological polar surface area (TPSA) is 51.5 Å². The molecule has 4 heteroatoms. The Morgan fingerprint density at radius 1 is 1.13 bits per heavy atom. The predicted molar refractivity (Wildman–Crippen MR) is 90.9 cm³/mol. The monoisotopic (exact) mass is 307 g/mol. The number of methoxy groups -OCH3 is 1. The number of carbonyl (C=O) groups is 1. The lowest BCUT2D eigenvalue weighted by atomic mass is 10.1. The molecule has 0 fully saturated rings. The molecule has 1 N–H and O–H groups in total. The van der Waals surface area contributed by atoms with Gasteiger partial charge in [-0.3, -0.25) is 4.79 Å². The lowest BCUT2D eigenvalue weighted by Crippen LogP contribution is -1.95.